The average Bonchev–Trinajstić information content (AvgIpc) is 2.40. The van der Waals surface area contributed by atoms with Gasteiger partial charge in [-0.1, -0.05) is 6.42 Å². The fourth-order valence-corrected chi connectivity index (χ4v) is 5.03. The first-order valence-electron chi connectivity index (χ1n) is 6.87. The summed E-state index contributed by atoms with van der Waals surface area (Å²) in [6.45, 7) is 2.99. The molecule has 0 atom stereocenters. The van der Waals surface area contributed by atoms with Crippen molar-refractivity contribution >= 4 is 43.5 Å². The van der Waals surface area contributed by atoms with Crippen LogP contribution in [0.5, 0.6) is 0 Å². The molecule has 0 saturated heterocycles. The normalized spacial score (nSPS) is 17.3. The number of sulfonamides is 1. The Morgan fingerprint density at radius 3 is 2.71 bits per heavy atom. The maximum absolute atomic E-state index is 12.6. The predicted molar refractivity (Wildman–Crippen MR) is 91.4 cm³/mol. The molecule has 118 valence electrons. The molecule has 0 aromatic carbocycles. The molecule has 0 aliphatic heterocycles. The van der Waals surface area contributed by atoms with Crippen molar-refractivity contribution < 1.29 is 8.42 Å². The fourth-order valence-electron chi connectivity index (χ4n) is 2.25. The zero-order valence-electron chi connectivity index (χ0n) is 12.1. The van der Waals surface area contributed by atoms with Gasteiger partial charge in [0.25, 0.3) is 0 Å². The number of thioether (sulfide) groups is 1. The summed E-state index contributed by atoms with van der Waals surface area (Å²) in [5.41, 5.74) is 0. The predicted octanol–water partition coefficient (Wildman–Crippen LogP) is 2.84. The number of hydrogen-bond acceptors (Lipinski definition) is 5. The van der Waals surface area contributed by atoms with E-state index in [1.54, 1.807) is 24.0 Å². The summed E-state index contributed by atoms with van der Waals surface area (Å²) in [5.74, 6) is 0.389. The summed E-state index contributed by atoms with van der Waals surface area (Å²) in [4.78, 5) is 4.34. The highest BCUT2D eigenvalue weighted by molar-refractivity contribution is 9.10. The first kappa shape index (κ1) is 17.1. The van der Waals surface area contributed by atoms with Gasteiger partial charge in [-0.15, -0.1) is 0 Å². The third kappa shape index (κ3) is 3.91. The van der Waals surface area contributed by atoms with Gasteiger partial charge in [-0.25, -0.2) is 18.1 Å². The van der Waals surface area contributed by atoms with E-state index in [1.165, 1.54) is 6.42 Å². The molecule has 21 heavy (non-hydrogen) atoms. The molecule has 1 heterocycles. The molecule has 1 fully saturated rings. The van der Waals surface area contributed by atoms with Crippen molar-refractivity contribution in [3.63, 3.8) is 0 Å². The largest absolute Gasteiger partial charge is 0.369 e. The molecule has 0 spiro atoms. The summed E-state index contributed by atoms with van der Waals surface area (Å²) in [6, 6.07) is 1.58. The van der Waals surface area contributed by atoms with E-state index in [-0.39, 0.29) is 9.64 Å². The second-order valence-electron chi connectivity index (χ2n) is 5.10. The van der Waals surface area contributed by atoms with Gasteiger partial charge < -0.3 is 5.32 Å². The van der Waals surface area contributed by atoms with Gasteiger partial charge in [0.1, 0.15) is 10.7 Å². The maximum Gasteiger partial charge on any atom is 0.244 e. The quantitative estimate of drug-likeness (QED) is 0.744. The van der Waals surface area contributed by atoms with Crippen molar-refractivity contribution in [2.45, 2.75) is 35.8 Å². The molecule has 8 heteroatoms. The van der Waals surface area contributed by atoms with E-state index in [4.69, 9.17) is 0 Å². The minimum absolute atomic E-state index is 0.0604. The van der Waals surface area contributed by atoms with Crippen LogP contribution >= 0.6 is 27.7 Å². The van der Waals surface area contributed by atoms with Gasteiger partial charge >= 0.3 is 0 Å². The number of nitrogens with one attached hydrogen (secondary N) is 2. The summed E-state index contributed by atoms with van der Waals surface area (Å²) < 4.78 is 28.6. The summed E-state index contributed by atoms with van der Waals surface area (Å²) in [5, 5.41) is 2.99. The van der Waals surface area contributed by atoms with E-state index in [0.717, 1.165) is 12.8 Å². The molecule has 1 aliphatic carbocycles. The van der Waals surface area contributed by atoms with E-state index in [1.807, 2.05) is 13.2 Å². The Hall–Kier alpha value is -0.310. The lowest BCUT2D eigenvalue weighted by Crippen LogP contribution is -2.45. The van der Waals surface area contributed by atoms with Gasteiger partial charge in [0.15, 0.2) is 0 Å². The third-order valence-electron chi connectivity index (χ3n) is 3.74. The molecule has 5 nitrogen and oxygen atoms in total. The minimum atomic E-state index is -3.57. The van der Waals surface area contributed by atoms with Crippen LogP contribution < -0.4 is 10.0 Å². The van der Waals surface area contributed by atoms with Crippen LogP contribution in [0.1, 0.15) is 26.2 Å². The second-order valence-corrected chi connectivity index (χ2v) is 9.02. The van der Waals surface area contributed by atoms with Crippen molar-refractivity contribution in [1.82, 2.24) is 9.71 Å². The molecular weight excluding hydrogens is 374 g/mol. The smallest absolute Gasteiger partial charge is 0.244 e. The monoisotopic (exact) mass is 393 g/mol. The molecule has 0 bridgehead atoms. The number of rotatable bonds is 7. The molecule has 2 rings (SSSR count). The van der Waals surface area contributed by atoms with Gasteiger partial charge in [-0.2, -0.15) is 11.8 Å². The topological polar surface area (TPSA) is 71.1 Å². The van der Waals surface area contributed by atoms with Crippen LogP contribution in [0.25, 0.3) is 0 Å². The maximum atomic E-state index is 12.6. The van der Waals surface area contributed by atoms with Gasteiger partial charge in [-0.05, 0) is 48.0 Å². The highest BCUT2D eigenvalue weighted by Crippen LogP contribution is 2.42. The van der Waals surface area contributed by atoms with Crippen LogP contribution in [0.15, 0.2) is 21.6 Å². The van der Waals surface area contributed by atoms with Crippen LogP contribution in [-0.2, 0) is 10.0 Å². The molecular formula is C13H20BrN3O2S2. The van der Waals surface area contributed by atoms with Crippen LogP contribution in [0.4, 0.5) is 5.82 Å². The molecule has 2 N–H and O–H groups in total. The molecule has 1 saturated carbocycles. The van der Waals surface area contributed by atoms with E-state index < -0.39 is 10.0 Å². The number of nitrogens with zero attached hydrogens (tertiary/aromatic N) is 1. The summed E-state index contributed by atoms with van der Waals surface area (Å²) in [6.07, 6.45) is 6.93. The molecule has 1 aromatic rings. The Morgan fingerprint density at radius 2 is 2.19 bits per heavy atom. The standard InChI is InChI=1S/C13H20BrN3O2S2/c1-3-15-12-11(7-10(14)8-16-12)21(18,19)17-9-13(20-2)5-4-6-13/h7-8,17H,3-6,9H2,1-2H3,(H,15,16). The number of aromatic nitrogens is 1. The zero-order valence-corrected chi connectivity index (χ0v) is 15.4. The molecule has 0 radical (unpaired) electrons. The Balaban J connectivity index is 2.20. The number of pyridine rings is 1. The van der Waals surface area contributed by atoms with E-state index in [9.17, 15) is 8.42 Å². The SMILES string of the molecule is CCNc1ncc(Br)cc1S(=O)(=O)NCC1(SC)CCC1. The number of halogens is 1. The Kier molecular flexibility index (Phi) is 5.56. The van der Waals surface area contributed by atoms with E-state index in [2.05, 4.69) is 31.0 Å². The summed E-state index contributed by atoms with van der Waals surface area (Å²) in [7, 11) is -3.57. The van der Waals surface area contributed by atoms with Crippen LogP contribution in [-0.4, -0.2) is 37.5 Å². The first-order valence-corrected chi connectivity index (χ1v) is 10.4. The van der Waals surface area contributed by atoms with Crippen molar-refractivity contribution in [2.24, 2.45) is 0 Å². The van der Waals surface area contributed by atoms with Gasteiger partial charge in [0.2, 0.25) is 10.0 Å². The van der Waals surface area contributed by atoms with E-state index >= 15 is 0 Å². The first-order chi connectivity index (χ1) is 9.92. The number of anilines is 1. The van der Waals surface area contributed by atoms with Gasteiger partial charge in [0.05, 0.1) is 0 Å². The van der Waals surface area contributed by atoms with Crippen molar-refractivity contribution in [3.8, 4) is 0 Å². The lowest BCUT2D eigenvalue weighted by atomic mass is 9.84. The lowest BCUT2D eigenvalue weighted by molar-refractivity contribution is 0.362. The van der Waals surface area contributed by atoms with Crippen molar-refractivity contribution in [3.05, 3.63) is 16.7 Å². The molecule has 1 aliphatic rings. The minimum Gasteiger partial charge on any atom is -0.369 e. The molecule has 0 unspecified atom stereocenters. The zero-order chi connectivity index (χ0) is 15.5. The molecule has 0 amide bonds. The Morgan fingerprint density at radius 1 is 1.48 bits per heavy atom. The van der Waals surface area contributed by atoms with Crippen LogP contribution in [0.2, 0.25) is 0 Å². The fraction of sp³-hybridized carbons (Fsp3) is 0.615. The van der Waals surface area contributed by atoms with E-state index in [0.29, 0.717) is 23.4 Å². The van der Waals surface area contributed by atoms with Crippen molar-refractivity contribution in [1.29, 1.82) is 0 Å². The molecule has 1 aromatic heterocycles. The third-order valence-corrected chi connectivity index (χ3v) is 7.00. The second kappa shape index (κ2) is 6.85. The van der Waals surface area contributed by atoms with Gasteiger partial charge in [-0.3, -0.25) is 0 Å². The summed E-state index contributed by atoms with van der Waals surface area (Å²) >= 11 is 5.03. The van der Waals surface area contributed by atoms with Gasteiger partial charge in [0, 0.05) is 28.5 Å². The Bertz CT molecular complexity index is 598. The highest BCUT2D eigenvalue weighted by atomic mass is 79.9. The highest BCUT2D eigenvalue weighted by Gasteiger charge is 2.37. The number of hydrogen-bond donors (Lipinski definition) is 2. The lowest BCUT2D eigenvalue weighted by Gasteiger charge is -2.40. The van der Waals surface area contributed by atoms with Crippen LogP contribution in [0, 0.1) is 0 Å². The van der Waals surface area contributed by atoms with Crippen LogP contribution in [0.3, 0.4) is 0 Å². The average molecular weight is 394 g/mol. The van der Waals surface area contributed by atoms with Crippen molar-refractivity contribution in [2.75, 3.05) is 24.7 Å². The Labute approximate surface area is 138 Å².